The van der Waals surface area contributed by atoms with Crippen LogP contribution in [0.2, 0.25) is 0 Å². The summed E-state index contributed by atoms with van der Waals surface area (Å²) in [5, 5.41) is 0. The summed E-state index contributed by atoms with van der Waals surface area (Å²) in [4.78, 5) is 25.3. The molecule has 31 heavy (non-hydrogen) atoms. The fourth-order valence-electron chi connectivity index (χ4n) is 9.05. The van der Waals surface area contributed by atoms with Crippen molar-refractivity contribution in [3.05, 3.63) is 11.6 Å². The highest BCUT2D eigenvalue weighted by atomic mass is 16.1. The lowest BCUT2D eigenvalue weighted by atomic mass is 9.46. The van der Waals surface area contributed by atoms with Gasteiger partial charge in [0.2, 0.25) is 0 Å². The molecular weight excluding hydrogens is 380 g/mol. The molecular formula is C29H46O2. The van der Waals surface area contributed by atoms with Crippen molar-refractivity contribution in [2.24, 2.45) is 52.3 Å². The molecule has 0 saturated heterocycles. The van der Waals surface area contributed by atoms with Gasteiger partial charge in [0.15, 0.2) is 11.6 Å². The van der Waals surface area contributed by atoms with Crippen molar-refractivity contribution < 1.29 is 9.59 Å². The average Bonchev–Trinajstić information content (AvgIpc) is 3.07. The van der Waals surface area contributed by atoms with Crippen LogP contribution >= 0.6 is 0 Å². The second-order valence-electron chi connectivity index (χ2n) is 12.6. The third kappa shape index (κ3) is 3.78. The highest BCUT2D eigenvalue weighted by molar-refractivity contribution is 6.05. The van der Waals surface area contributed by atoms with Gasteiger partial charge in [-0.05, 0) is 96.9 Å². The van der Waals surface area contributed by atoms with E-state index in [1.807, 2.05) is 0 Å². The molecule has 0 aliphatic heterocycles. The molecule has 4 aliphatic carbocycles. The third-order valence-corrected chi connectivity index (χ3v) is 11.0. The topological polar surface area (TPSA) is 34.1 Å². The summed E-state index contributed by atoms with van der Waals surface area (Å²) in [6.45, 7) is 14.5. The third-order valence-electron chi connectivity index (χ3n) is 11.0. The first-order valence-electron chi connectivity index (χ1n) is 13.4. The summed E-state index contributed by atoms with van der Waals surface area (Å²) < 4.78 is 0. The van der Waals surface area contributed by atoms with Crippen LogP contribution in [-0.4, -0.2) is 11.6 Å². The van der Waals surface area contributed by atoms with Crippen molar-refractivity contribution in [3.8, 4) is 0 Å². The quantitative estimate of drug-likeness (QED) is 0.443. The van der Waals surface area contributed by atoms with Crippen LogP contribution in [-0.2, 0) is 9.59 Å². The molecule has 0 aromatic rings. The lowest BCUT2D eigenvalue weighted by molar-refractivity contribution is -0.131. The van der Waals surface area contributed by atoms with E-state index in [-0.39, 0.29) is 11.2 Å². The number of fused-ring (bicyclic) bond motifs is 5. The molecule has 0 N–H and O–H groups in total. The standard InChI is InChI=1S/C29H46O2/c1-7-20(18(2)3)9-8-19(4)23-10-11-24-22-17-27(31)26-16-21(30)12-14-29(26,6)25(22)13-15-28(23,24)5/h16,18-20,22-25H,7-15,17H2,1-6H3/t19?,20-,22?,23-,24?,25?,28-,29-/m1/s1. The van der Waals surface area contributed by atoms with E-state index in [4.69, 9.17) is 0 Å². The normalized spacial score (nSPS) is 42.0. The molecule has 4 aliphatic rings. The first-order valence-corrected chi connectivity index (χ1v) is 13.4. The molecule has 0 spiro atoms. The van der Waals surface area contributed by atoms with Gasteiger partial charge in [-0.25, -0.2) is 0 Å². The largest absolute Gasteiger partial charge is 0.295 e. The minimum absolute atomic E-state index is 0.0510. The zero-order chi connectivity index (χ0) is 22.6. The molecule has 3 saturated carbocycles. The Morgan fingerprint density at radius 2 is 1.74 bits per heavy atom. The highest BCUT2D eigenvalue weighted by Crippen LogP contribution is 2.67. The van der Waals surface area contributed by atoms with E-state index in [0.717, 1.165) is 35.7 Å². The van der Waals surface area contributed by atoms with Gasteiger partial charge < -0.3 is 0 Å². The first-order chi connectivity index (χ1) is 14.6. The Labute approximate surface area is 191 Å². The fraction of sp³-hybridized carbons (Fsp3) is 0.862. The van der Waals surface area contributed by atoms with Gasteiger partial charge in [0.25, 0.3) is 0 Å². The Morgan fingerprint density at radius 3 is 2.42 bits per heavy atom. The Morgan fingerprint density at radius 1 is 1.00 bits per heavy atom. The van der Waals surface area contributed by atoms with Crippen LogP contribution in [0, 0.1) is 52.3 Å². The van der Waals surface area contributed by atoms with Crippen LogP contribution in [0.15, 0.2) is 11.6 Å². The maximum Gasteiger partial charge on any atom is 0.159 e. The van der Waals surface area contributed by atoms with Crippen LogP contribution in [0.4, 0.5) is 0 Å². The number of ketones is 2. The molecule has 0 aromatic heterocycles. The summed E-state index contributed by atoms with van der Waals surface area (Å²) in [5.41, 5.74) is 1.24. The Kier molecular flexibility index (Phi) is 6.34. The van der Waals surface area contributed by atoms with Crippen LogP contribution in [0.1, 0.15) is 106 Å². The van der Waals surface area contributed by atoms with E-state index in [9.17, 15) is 9.59 Å². The van der Waals surface area contributed by atoms with E-state index in [0.29, 0.717) is 41.8 Å². The van der Waals surface area contributed by atoms with E-state index in [2.05, 4.69) is 41.5 Å². The SMILES string of the molecule is CC[C@H](CCC(C)[C@H]1CCC2C3CC(=O)C4=CC(=O)CC[C@]4(C)C3CC[C@@]21C)C(C)C. The van der Waals surface area contributed by atoms with Crippen LogP contribution in [0.5, 0.6) is 0 Å². The lowest BCUT2D eigenvalue weighted by Gasteiger charge is -2.57. The maximum atomic E-state index is 13.2. The molecule has 2 nitrogen and oxygen atoms in total. The number of hydrogen-bond acceptors (Lipinski definition) is 2. The molecule has 0 bridgehead atoms. The number of allylic oxidation sites excluding steroid dienone is 1. The molecule has 0 heterocycles. The average molecular weight is 427 g/mol. The van der Waals surface area contributed by atoms with Crippen molar-refractivity contribution >= 4 is 11.6 Å². The van der Waals surface area contributed by atoms with Crippen molar-refractivity contribution in [2.45, 2.75) is 106 Å². The van der Waals surface area contributed by atoms with E-state index >= 15 is 0 Å². The Bertz CT molecular complexity index is 748. The minimum Gasteiger partial charge on any atom is -0.295 e. The van der Waals surface area contributed by atoms with Gasteiger partial charge in [-0.2, -0.15) is 0 Å². The smallest absolute Gasteiger partial charge is 0.159 e. The van der Waals surface area contributed by atoms with Crippen LogP contribution in [0.25, 0.3) is 0 Å². The number of carbonyl (C=O) groups is 2. The van der Waals surface area contributed by atoms with Gasteiger partial charge in [-0.1, -0.05) is 54.4 Å². The van der Waals surface area contributed by atoms with Gasteiger partial charge in [0, 0.05) is 18.4 Å². The molecule has 8 atom stereocenters. The van der Waals surface area contributed by atoms with Crippen molar-refractivity contribution in [1.82, 2.24) is 0 Å². The van der Waals surface area contributed by atoms with Gasteiger partial charge in [-0.3, -0.25) is 9.59 Å². The van der Waals surface area contributed by atoms with Crippen molar-refractivity contribution in [2.75, 3.05) is 0 Å². The molecule has 0 amide bonds. The van der Waals surface area contributed by atoms with Gasteiger partial charge in [-0.15, -0.1) is 0 Å². The predicted molar refractivity (Wildman–Crippen MR) is 128 cm³/mol. The lowest BCUT2D eigenvalue weighted by Crippen LogP contribution is -2.53. The second-order valence-corrected chi connectivity index (χ2v) is 12.6. The summed E-state index contributed by atoms with van der Waals surface area (Å²) >= 11 is 0. The van der Waals surface area contributed by atoms with Gasteiger partial charge in [0.1, 0.15) is 0 Å². The monoisotopic (exact) mass is 426 g/mol. The summed E-state index contributed by atoms with van der Waals surface area (Å²) in [5.74, 6) is 5.55. The maximum absolute atomic E-state index is 13.2. The van der Waals surface area contributed by atoms with Crippen LogP contribution in [0.3, 0.4) is 0 Å². The van der Waals surface area contributed by atoms with Crippen molar-refractivity contribution in [3.63, 3.8) is 0 Å². The predicted octanol–water partition coefficient (Wildman–Crippen LogP) is 7.41. The summed E-state index contributed by atoms with van der Waals surface area (Å²) in [6.07, 6.45) is 13.2. The number of rotatable bonds is 6. The molecule has 0 radical (unpaired) electrons. The van der Waals surface area contributed by atoms with Crippen LogP contribution < -0.4 is 0 Å². The Balaban J connectivity index is 1.52. The first kappa shape index (κ1) is 23.2. The number of Topliss-reactive ketones (excluding diaryl/α,β-unsaturated/α-hetero) is 1. The molecule has 0 aromatic carbocycles. The van der Waals surface area contributed by atoms with Gasteiger partial charge >= 0.3 is 0 Å². The van der Waals surface area contributed by atoms with E-state index in [1.165, 1.54) is 44.9 Å². The zero-order valence-electron chi connectivity index (χ0n) is 21.0. The summed E-state index contributed by atoms with van der Waals surface area (Å²) in [6, 6.07) is 0. The summed E-state index contributed by atoms with van der Waals surface area (Å²) in [7, 11) is 0. The zero-order valence-corrected chi connectivity index (χ0v) is 21.0. The molecule has 2 heteroatoms. The highest BCUT2D eigenvalue weighted by Gasteiger charge is 2.61. The molecule has 3 fully saturated rings. The number of hydrogen-bond donors (Lipinski definition) is 0. The second kappa shape index (κ2) is 8.45. The number of carbonyl (C=O) groups excluding carboxylic acids is 2. The van der Waals surface area contributed by atoms with Gasteiger partial charge in [0.05, 0.1) is 0 Å². The molecule has 4 unspecified atom stereocenters. The molecule has 174 valence electrons. The minimum atomic E-state index is -0.0510. The van der Waals surface area contributed by atoms with Crippen molar-refractivity contribution in [1.29, 1.82) is 0 Å². The van der Waals surface area contributed by atoms with E-state index < -0.39 is 0 Å². The molecule has 4 rings (SSSR count). The Hall–Kier alpha value is -0.920. The fourth-order valence-corrected chi connectivity index (χ4v) is 9.05. The van der Waals surface area contributed by atoms with E-state index in [1.54, 1.807) is 6.08 Å².